The SMILES string of the molecule is Cc1cc(NCc2ccccc2)nn1C. The van der Waals surface area contributed by atoms with E-state index in [-0.39, 0.29) is 0 Å². The van der Waals surface area contributed by atoms with Crippen molar-refractivity contribution in [2.24, 2.45) is 7.05 Å². The third kappa shape index (κ3) is 2.37. The zero-order valence-electron chi connectivity index (χ0n) is 9.07. The number of nitrogens with one attached hydrogen (secondary N) is 1. The topological polar surface area (TPSA) is 29.9 Å². The Morgan fingerprint density at radius 3 is 2.60 bits per heavy atom. The van der Waals surface area contributed by atoms with E-state index < -0.39 is 0 Å². The van der Waals surface area contributed by atoms with E-state index in [0.29, 0.717) is 0 Å². The fraction of sp³-hybridized carbons (Fsp3) is 0.250. The van der Waals surface area contributed by atoms with Crippen molar-refractivity contribution in [3.05, 3.63) is 47.7 Å². The molecule has 0 saturated carbocycles. The molecule has 0 unspecified atom stereocenters. The van der Waals surface area contributed by atoms with Gasteiger partial charge in [-0.1, -0.05) is 30.3 Å². The molecule has 3 nitrogen and oxygen atoms in total. The van der Waals surface area contributed by atoms with Crippen molar-refractivity contribution in [2.45, 2.75) is 13.5 Å². The summed E-state index contributed by atoms with van der Waals surface area (Å²) in [7, 11) is 1.95. The minimum atomic E-state index is 0.817. The molecule has 0 fully saturated rings. The Morgan fingerprint density at radius 2 is 2.00 bits per heavy atom. The zero-order chi connectivity index (χ0) is 10.7. The van der Waals surface area contributed by atoms with E-state index in [2.05, 4.69) is 22.5 Å². The monoisotopic (exact) mass is 201 g/mol. The molecule has 2 aromatic rings. The van der Waals surface area contributed by atoms with Crippen molar-refractivity contribution in [1.82, 2.24) is 9.78 Å². The van der Waals surface area contributed by atoms with Crippen LogP contribution in [0.1, 0.15) is 11.3 Å². The quantitative estimate of drug-likeness (QED) is 0.826. The van der Waals surface area contributed by atoms with Crippen LogP contribution in [0.25, 0.3) is 0 Å². The molecule has 1 aromatic heterocycles. The molecule has 0 saturated heterocycles. The van der Waals surface area contributed by atoms with Gasteiger partial charge in [0.15, 0.2) is 0 Å². The standard InChI is InChI=1S/C12H15N3/c1-10-8-12(14-15(10)2)13-9-11-6-4-3-5-7-11/h3-8H,9H2,1-2H3,(H,13,14). The molecular formula is C12H15N3. The third-order valence-electron chi connectivity index (χ3n) is 2.43. The third-order valence-corrected chi connectivity index (χ3v) is 2.43. The van der Waals surface area contributed by atoms with Gasteiger partial charge in [-0.15, -0.1) is 0 Å². The lowest BCUT2D eigenvalue weighted by Gasteiger charge is -2.01. The minimum Gasteiger partial charge on any atom is -0.365 e. The number of benzene rings is 1. The smallest absolute Gasteiger partial charge is 0.148 e. The van der Waals surface area contributed by atoms with Crippen molar-refractivity contribution in [1.29, 1.82) is 0 Å². The number of anilines is 1. The maximum atomic E-state index is 4.33. The van der Waals surface area contributed by atoms with Crippen LogP contribution in [0.3, 0.4) is 0 Å². The van der Waals surface area contributed by atoms with Gasteiger partial charge in [-0.3, -0.25) is 4.68 Å². The molecule has 1 aromatic carbocycles. The zero-order valence-corrected chi connectivity index (χ0v) is 9.07. The fourth-order valence-corrected chi connectivity index (χ4v) is 1.44. The average Bonchev–Trinajstić information content (AvgIpc) is 2.57. The van der Waals surface area contributed by atoms with Gasteiger partial charge in [0.25, 0.3) is 0 Å². The summed E-state index contributed by atoms with van der Waals surface area (Å²) in [6.07, 6.45) is 0. The fourth-order valence-electron chi connectivity index (χ4n) is 1.44. The van der Waals surface area contributed by atoms with Crippen LogP contribution in [0.15, 0.2) is 36.4 Å². The summed E-state index contributed by atoms with van der Waals surface area (Å²) in [6.45, 7) is 2.86. The Labute approximate surface area is 89.7 Å². The predicted octanol–water partition coefficient (Wildman–Crippen LogP) is 2.34. The van der Waals surface area contributed by atoms with Crippen LogP contribution in [-0.2, 0) is 13.6 Å². The normalized spacial score (nSPS) is 10.3. The highest BCUT2D eigenvalue weighted by Crippen LogP contribution is 2.08. The molecule has 0 atom stereocenters. The van der Waals surface area contributed by atoms with E-state index >= 15 is 0 Å². The number of aromatic nitrogens is 2. The van der Waals surface area contributed by atoms with Crippen LogP contribution >= 0.6 is 0 Å². The summed E-state index contributed by atoms with van der Waals surface area (Å²) in [5.41, 5.74) is 2.42. The summed E-state index contributed by atoms with van der Waals surface area (Å²) < 4.78 is 1.87. The Kier molecular flexibility index (Phi) is 2.72. The Bertz CT molecular complexity index is 412. The van der Waals surface area contributed by atoms with Crippen LogP contribution in [-0.4, -0.2) is 9.78 Å². The van der Waals surface area contributed by atoms with Crippen molar-refractivity contribution < 1.29 is 0 Å². The first-order valence-corrected chi connectivity index (χ1v) is 5.04. The number of rotatable bonds is 3. The van der Waals surface area contributed by atoms with Gasteiger partial charge < -0.3 is 5.32 Å². The molecule has 0 aliphatic carbocycles. The average molecular weight is 201 g/mol. The van der Waals surface area contributed by atoms with E-state index in [4.69, 9.17) is 0 Å². The number of nitrogens with zero attached hydrogens (tertiary/aromatic N) is 2. The second-order valence-corrected chi connectivity index (χ2v) is 3.63. The Hall–Kier alpha value is -1.77. The molecule has 78 valence electrons. The van der Waals surface area contributed by atoms with Gasteiger partial charge in [-0.2, -0.15) is 5.10 Å². The summed E-state index contributed by atoms with van der Waals surface area (Å²) in [6, 6.07) is 12.4. The lowest BCUT2D eigenvalue weighted by atomic mass is 10.2. The second kappa shape index (κ2) is 4.17. The molecule has 1 heterocycles. The van der Waals surface area contributed by atoms with Gasteiger partial charge in [0, 0.05) is 25.4 Å². The Morgan fingerprint density at radius 1 is 1.27 bits per heavy atom. The predicted molar refractivity (Wildman–Crippen MR) is 61.7 cm³/mol. The number of hydrogen-bond acceptors (Lipinski definition) is 2. The van der Waals surface area contributed by atoms with Crippen molar-refractivity contribution in [3.8, 4) is 0 Å². The first-order chi connectivity index (χ1) is 7.25. The van der Waals surface area contributed by atoms with Crippen LogP contribution in [0.5, 0.6) is 0 Å². The molecule has 1 N–H and O–H groups in total. The highest BCUT2D eigenvalue weighted by Gasteiger charge is 1.99. The second-order valence-electron chi connectivity index (χ2n) is 3.63. The summed E-state index contributed by atoms with van der Waals surface area (Å²) in [5.74, 6) is 0.929. The van der Waals surface area contributed by atoms with E-state index in [9.17, 15) is 0 Å². The maximum Gasteiger partial charge on any atom is 0.148 e. The van der Waals surface area contributed by atoms with E-state index in [1.807, 2.05) is 42.9 Å². The van der Waals surface area contributed by atoms with Crippen LogP contribution in [0, 0.1) is 6.92 Å². The highest BCUT2D eigenvalue weighted by molar-refractivity contribution is 5.36. The molecule has 15 heavy (non-hydrogen) atoms. The molecule has 0 aliphatic heterocycles. The lowest BCUT2D eigenvalue weighted by molar-refractivity contribution is 0.741. The molecule has 3 heteroatoms. The van der Waals surface area contributed by atoms with Crippen LogP contribution < -0.4 is 5.32 Å². The van der Waals surface area contributed by atoms with Gasteiger partial charge >= 0.3 is 0 Å². The first kappa shape index (κ1) is 9.77. The summed E-state index contributed by atoms with van der Waals surface area (Å²) in [4.78, 5) is 0. The van der Waals surface area contributed by atoms with Gasteiger partial charge in [0.1, 0.15) is 5.82 Å². The highest BCUT2D eigenvalue weighted by atomic mass is 15.3. The number of aryl methyl sites for hydroxylation is 2. The molecule has 0 aliphatic rings. The van der Waals surface area contributed by atoms with Gasteiger partial charge in [0.2, 0.25) is 0 Å². The Balaban J connectivity index is 1.99. The molecule has 0 spiro atoms. The summed E-state index contributed by atoms with van der Waals surface area (Å²) in [5, 5.41) is 7.62. The molecular weight excluding hydrogens is 186 g/mol. The van der Waals surface area contributed by atoms with Gasteiger partial charge in [-0.05, 0) is 12.5 Å². The van der Waals surface area contributed by atoms with Crippen LogP contribution in [0.2, 0.25) is 0 Å². The minimum absolute atomic E-state index is 0.817. The molecule has 0 amide bonds. The molecule has 2 rings (SSSR count). The molecule has 0 bridgehead atoms. The van der Waals surface area contributed by atoms with Gasteiger partial charge in [0.05, 0.1) is 0 Å². The van der Waals surface area contributed by atoms with E-state index in [1.54, 1.807) is 0 Å². The molecule has 0 radical (unpaired) electrons. The van der Waals surface area contributed by atoms with E-state index in [1.165, 1.54) is 5.56 Å². The first-order valence-electron chi connectivity index (χ1n) is 5.04. The van der Waals surface area contributed by atoms with Crippen molar-refractivity contribution in [3.63, 3.8) is 0 Å². The van der Waals surface area contributed by atoms with E-state index in [0.717, 1.165) is 18.1 Å². The maximum absolute atomic E-state index is 4.33. The summed E-state index contributed by atoms with van der Waals surface area (Å²) >= 11 is 0. The lowest BCUT2D eigenvalue weighted by Crippen LogP contribution is -2.00. The van der Waals surface area contributed by atoms with Gasteiger partial charge in [-0.25, -0.2) is 0 Å². The largest absolute Gasteiger partial charge is 0.365 e. The van der Waals surface area contributed by atoms with Crippen molar-refractivity contribution in [2.75, 3.05) is 5.32 Å². The van der Waals surface area contributed by atoms with Crippen molar-refractivity contribution >= 4 is 5.82 Å². The van der Waals surface area contributed by atoms with Crippen LogP contribution in [0.4, 0.5) is 5.82 Å². The number of hydrogen-bond donors (Lipinski definition) is 1.